The summed E-state index contributed by atoms with van der Waals surface area (Å²) in [4.78, 5) is 39.1. The molecule has 238 valence electrons. The first-order valence-electron chi connectivity index (χ1n) is 15.0. The second kappa shape index (κ2) is 13.0. The number of methoxy groups -OCH3 is 2. The zero-order chi connectivity index (χ0) is 32.4. The largest absolute Gasteiger partial charge is 0.497 e. The number of allylic oxidation sites excluding steroid dienone is 1. The van der Waals surface area contributed by atoms with Crippen molar-refractivity contribution < 1.29 is 28.9 Å². The molecule has 13 nitrogen and oxygen atoms in total. The molecular formula is C33H33N5O8. The van der Waals surface area contributed by atoms with Crippen molar-refractivity contribution in [1.29, 1.82) is 0 Å². The van der Waals surface area contributed by atoms with Gasteiger partial charge in [0.05, 0.1) is 54.6 Å². The Morgan fingerprint density at radius 2 is 1.52 bits per heavy atom. The van der Waals surface area contributed by atoms with E-state index < -0.39 is 33.2 Å². The van der Waals surface area contributed by atoms with Crippen LogP contribution in [0.1, 0.15) is 46.8 Å². The predicted octanol–water partition coefficient (Wildman–Crippen LogP) is 5.79. The maximum atomic E-state index is 14.4. The second-order valence-electron chi connectivity index (χ2n) is 11.3. The highest BCUT2D eigenvalue weighted by Gasteiger charge is 2.45. The van der Waals surface area contributed by atoms with E-state index >= 15 is 0 Å². The molecule has 1 saturated heterocycles. The lowest BCUT2D eigenvalue weighted by Gasteiger charge is -2.30. The number of nitro benzene ring substituents is 2. The molecule has 0 radical (unpaired) electrons. The first-order chi connectivity index (χ1) is 22.3. The summed E-state index contributed by atoms with van der Waals surface area (Å²) in [6.45, 7) is 1.05. The third kappa shape index (κ3) is 5.88. The molecule has 3 aromatic carbocycles. The number of nitrogens with zero attached hydrogens (tertiary/aromatic N) is 5. The van der Waals surface area contributed by atoms with E-state index in [0.717, 1.165) is 59.6 Å². The fourth-order valence-electron chi connectivity index (χ4n) is 6.45. The molecule has 2 fully saturated rings. The van der Waals surface area contributed by atoms with E-state index in [2.05, 4.69) is 6.08 Å². The van der Waals surface area contributed by atoms with Crippen molar-refractivity contribution in [2.75, 3.05) is 45.4 Å². The average Bonchev–Trinajstić information content (AvgIpc) is 3.48. The quantitative estimate of drug-likeness (QED) is 0.223. The van der Waals surface area contributed by atoms with Crippen LogP contribution in [0.15, 0.2) is 71.3 Å². The van der Waals surface area contributed by atoms with Crippen LogP contribution in [0.3, 0.4) is 0 Å². The van der Waals surface area contributed by atoms with Crippen LogP contribution in [-0.4, -0.2) is 67.0 Å². The summed E-state index contributed by atoms with van der Waals surface area (Å²) in [6, 6.07) is 16.7. The Bertz CT molecular complexity index is 1680. The lowest BCUT2D eigenvalue weighted by atomic mass is 9.77. The predicted molar refractivity (Wildman–Crippen MR) is 170 cm³/mol. The van der Waals surface area contributed by atoms with Gasteiger partial charge in [0.25, 0.3) is 17.3 Å². The highest BCUT2D eigenvalue weighted by molar-refractivity contribution is 6.09. The molecule has 2 atom stereocenters. The molecule has 0 bridgehead atoms. The molecule has 1 aliphatic carbocycles. The van der Waals surface area contributed by atoms with Gasteiger partial charge in [-0.05, 0) is 66.3 Å². The molecule has 1 saturated carbocycles. The summed E-state index contributed by atoms with van der Waals surface area (Å²) in [5, 5.41) is 30.8. The molecule has 0 unspecified atom stereocenters. The molecule has 0 spiro atoms. The SMILES string of the molecule is COc1ccc(/C=C2\CCC[C@@H]3C2=NN(C(=O)c2cc([N+](=O)[O-])c(N4CCOCC4)c([N+](=O)[O-])c2)[C@@H]3c2ccc(OC)cc2)cc1. The molecule has 13 heteroatoms. The molecule has 0 aromatic heterocycles. The van der Waals surface area contributed by atoms with Gasteiger partial charge in [-0.2, -0.15) is 5.10 Å². The molecule has 3 aliphatic rings. The normalized spacial score (nSPS) is 20.2. The number of hydrogen-bond donors (Lipinski definition) is 0. The topological polar surface area (TPSA) is 150 Å². The van der Waals surface area contributed by atoms with Crippen molar-refractivity contribution in [2.24, 2.45) is 11.0 Å². The molecule has 1 amide bonds. The van der Waals surface area contributed by atoms with E-state index in [1.165, 1.54) is 5.01 Å². The molecule has 3 aromatic rings. The maximum Gasteiger partial charge on any atom is 0.300 e. The monoisotopic (exact) mass is 627 g/mol. The number of morpholine rings is 1. The number of carbonyl (C=O) groups is 1. The number of anilines is 1. The van der Waals surface area contributed by atoms with Gasteiger partial charge < -0.3 is 19.1 Å². The van der Waals surface area contributed by atoms with Crippen LogP contribution in [0, 0.1) is 26.1 Å². The van der Waals surface area contributed by atoms with Gasteiger partial charge >= 0.3 is 0 Å². The van der Waals surface area contributed by atoms with Crippen LogP contribution in [0.25, 0.3) is 6.08 Å². The highest BCUT2D eigenvalue weighted by atomic mass is 16.6. The standard InChI is InChI=1S/C33H33N5O8/c1-44-25-10-6-21(7-11-25)18-23-4-3-5-27-30(23)34-36(31(27)22-8-12-26(45-2)13-9-22)33(39)24-19-28(37(40)41)32(29(20-24)38(42)43)35-14-16-46-17-15-35/h6-13,18-20,27,31H,3-5,14-17H2,1-2H3/b23-18+/t27-,31-/m1/s1. The van der Waals surface area contributed by atoms with Gasteiger partial charge in [0.1, 0.15) is 11.5 Å². The molecule has 2 aliphatic heterocycles. The number of hydrazone groups is 1. The van der Waals surface area contributed by atoms with Crippen LogP contribution >= 0.6 is 0 Å². The first-order valence-corrected chi connectivity index (χ1v) is 15.0. The van der Waals surface area contributed by atoms with Gasteiger partial charge in [0.15, 0.2) is 5.69 Å². The Balaban J connectivity index is 1.45. The summed E-state index contributed by atoms with van der Waals surface area (Å²) < 4.78 is 16.0. The van der Waals surface area contributed by atoms with E-state index in [4.69, 9.17) is 19.3 Å². The molecule has 0 N–H and O–H groups in total. The number of carbonyl (C=O) groups excluding carboxylic acids is 1. The Kier molecular flexibility index (Phi) is 8.66. The minimum atomic E-state index is -0.680. The van der Waals surface area contributed by atoms with E-state index in [1.54, 1.807) is 31.3 Å². The fourth-order valence-corrected chi connectivity index (χ4v) is 6.45. The molecule has 46 heavy (non-hydrogen) atoms. The smallest absolute Gasteiger partial charge is 0.300 e. The summed E-state index contributed by atoms with van der Waals surface area (Å²) in [5.41, 5.74) is 2.16. The highest BCUT2D eigenvalue weighted by Crippen LogP contribution is 2.46. The third-order valence-electron chi connectivity index (χ3n) is 8.66. The second-order valence-corrected chi connectivity index (χ2v) is 11.3. The fraction of sp³-hybridized carbons (Fsp3) is 0.333. The van der Waals surface area contributed by atoms with Crippen LogP contribution in [0.2, 0.25) is 0 Å². The first kappa shape index (κ1) is 30.7. The Labute approximate surface area is 265 Å². The number of hydrogen-bond acceptors (Lipinski definition) is 10. The third-order valence-corrected chi connectivity index (χ3v) is 8.66. The van der Waals surface area contributed by atoms with Gasteiger partial charge in [-0.15, -0.1) is 0 Å². The van der Waals surface area contributed by atoms with Gasteiger partial charge in [-0.3, -0.25) is 25.0 Å². The van der Waals surface area contributed by atoms with Gasteiger partial charge in [-0.1, -0.05) is 24.3 Å². The number of benzene rings is 3. The molecule has 2 heterocycles. The van der Waals surface area contributed by atoms with Crippen molar-refractivity contribution in [3.8, 4) is 11.5 Å². The lowest BCUT2D eigenvalue weighted by molar-refractivity contribution is -0.392. The van der Waals surface area contributed by atoms with Crippen LogP contribution in [0.5, 0.6) is 11.5 Å². The Morgan fingerprint density at radius 1 is 0.935 bits per heavy atom. The summed E-state index contributed by atoms with van der Waals surface area (Å²) >= 11 is 0. The van der Waals surface area contributed by atoms with E-state index in [1.807, 2.05) is 36.4 Å². The minimum Gasteiger partial charge on any atom is -0.497 e. The molecule has 6 rings (SSSR count). The van der Waals surface area contributed by atoms with Crippen molar-refractivity contribution in [1.82, 2.24) is 5.01 Å². The van der Waals surface area contributed by atoms with E-state index in [-0.39, 0.29) is 43.5 Å². The van der Waals surface area contributed by atoms with Crippen LogP contribution < -0.4 is 14.4 Å². The van der Waals surface area contributed by atoms with Crippen molar-refractivity contribution in [2.45, 2.75) is 25.3 Å². The zero-order valence-corrected chi connectivity index (χ0v) is 25.5. The molecular weight excluding hydrogens is 594 g/mol. The maximum absolute atomic E-state index is 14.4. The van der Waals surface area contributed by atoms with E-state index in [9.17, 15) is 25.0 Å². The minimum absolute atomic E-state index is 0.132. The van der Waals surface area contributed by atoms with Gasteiger partial charge in [0, 0.05) is 31.1 Å². The summed E-state index contributed by atoms with van der Waals surface area (Å²) in [5.74, 6) is 0.565. The Morgan fingerprint density at radius 3 is 2.09 bits per heavy atom. The number of rotatable bonds is 8. The average molecular weight is 628 g/mol. The number of amides is 1. The summed E-state index contributed by atoms with van der Waals surface area (Å²) in [6.07, 6.45) is 4.43. The lowest BCUT2D eigenvalue weighted by Crippen LogP contribution is -2.37. The number of nitro groups is 2. The Hall–Kier alpha value is -5.30. The zero-order valence-electron chi connectivity index (χ0n) is 25.5. The van der Waals surface area contributed by atoms with Gasteiger partial charge in [0.2, 0.25) is 0 Å². The van der Waals surface area contributed by atoms with E-state index in [0.29, 0.717) is 5.75 Å². The van der Waals surface area contributed by atoms with Crippen molar-refractivity contribution >= 4 is 34.8 Å². The van der Waals surface area contributed by atoms with Crippen molar-refractivity contribution in [3.63, 3.8) is 0 Å². The van der Waals surface area contributed by atoms with Crippen LogP contribution in [0.4, 0.5) is 17.1 Å². The number of ether oxygens (including phenoxy) is 3. The van der Waals surface area contributed by atoms with Gasteiger partial charge in [-0.25, -0.2) is 5.01 Å². The summed E-state index contributed by atoms with van der Waals surface area (Å²) in [7, 11) is 3.18. The van der Waals surface area contributed by atoms with Crippen molar-refractivity contribution in [3.05, 3.63) is 103 Å². The number of fused-ring (bicyclic) bond motifs is 1. The van der Waals surface area contributed by atoms with Crippen LogP contribution in [-0.2, 0) is 4.74 Å².